The number of rotatable bonds is 3. The van der Waals surface area contributed by atoms with E-state index in [2.05, 4.69) is 23.4 Å². The van der Waals surface area contributed by atoms with Crippen LogP contribution in [-0.4, -0.2) is 44.1 Å². The Bertz CT molecular complexity index is 420. The van der Waals surface area contributed by atoms with E-state index in [0.29, 0.717) is 5.75 Å². The molecule has 0 unspecified atom stereocenters. The van der Waals surface area contributed by atoms with Crippen molar-refractivity contribution in [1.82, 2.24) is 4.90 Å². The number of piperazine rings is 1. The number of carbonyl (C=O) groups excluding carboxylic acids is 1. The highest BCUT2D eigenvalue weighted by molar-refractivity contribution is 5.83. The average molecular weight is 246 g/mol. The lowest BCUT2D eigenvalue weighted by atomic mass is 10.2. The molecule has 1 aromatic rings. The van der Waals surface area contributed by atoms with Crippen molar-refractivity contribution in [1.29, 1.82) is 0 Å². The molecule has 0 N–H and O–H groups in total. The highest BCUT2D eigenvalue weighted by atomic mass is 16.5. The number of likely N-dealkylation sites (N-methyl/N-ethyl adjacent to an activating group) is 1. The topological polar surface area (TPSA) is 32.8 Å². The zero-order chi connectivity index (χ0) is 13.0. The molecule has 4 heteroatoms. The number of hydrogen-bond acceptors (Lipinski definition) is 4. The summed E-state index contributed by atoms with van der Waals surface area (Å²) in [6, 6.07) is 7.60. The highest BCUT2D eigenvalue weighted by Gasteiger charge is 2.14. The molecule has 1 fully saturated rings. The van der Waals surface area contributed by atoms with Crippen molar-refractivity contribution < 1.29 is 9.53 Å². The Morgan fingerprint density at radius 1 is 1.22 bits per heavy atom. The molecule has 0 bridgehead atoms. The summed E-state index contributed by atoms with van der Waals surface area (Å²) in [7, 11) is 2.13. The van der Waals surface area contributed by atoms with Gasteiger partial charge in [-0.25, -0.2) is 4.79 Å². The van der Waals surface area contributed by atoms with Gasteiger partial charge in [-0.1, -0.05) is 6.58 Å². The van der Waals surface area contributed by atoms with Crippen molar-refractivity contribution in [3.63, 3.8) is 0 Å². The van der Waals surface area contributed by atoms with E-state index in [0.717, 1.165) is 32.3 Å². The molecule has 4 nitrogen and oxygen atoms in total. The molecule has 1 aliphatic rings. The van der Waals surface area contributed by atoms with Crippen LogP contribution >= 0.6 is 0 Å². The molecule has 18 heavy (non-hydrogen) atoms. The number of benzene rings is 1. The molecule has 0 spiro atoms. The molecule has 0 amide bonds. The number of hydrogen-bond donors (Lipinski definition) is 0. The Balaban J connectivity index is 1.99. The van der Waals surface area contributed by atoms with Gasteiger partial charge < -0.3 is 14.5 Å². The van der Waals surface area contributed by atoms with Crippen LogP contribution in [0.5, 0.6) is 5.75 Å². The normalized spacial score (nSPS) is 16.4. The first-order chi connectivity index (χ1) is 8.69. The van der Waals surface area contributed by atoms with Gasteiger partial charge in [-0.05, 0) is 31.3 Å². The zero-order valence-electron chi connectivity index (χ0n) is 10.6. The molecule has 96 valence electrons. The molecule has 2 rings (SSSR count). The molecule has 1 aliphatic heterocycles. The van der Waals surface area contributed by atoms with Gasteiger partial charge in [-0.2, -0.15) is 0 Å². The third kappa shape index (κ3) is 3.11. The second-order valence-electron chi connectivity index (χ2n) is 4.41. The van der Waals surface area contributed by atoms with Crippen LogP contribution in [0.1, 0.15) is 0 Å². The number of ether oxygens (including phenoxy) is 1. The summed E-state index contributed by atoms with van der Waals surface area (Å²) in [5, 5.41) is 0. The van der Waals surface area contributed by atoms with Crippen molar-refractivity contribution in [2.24, 2.45) is 0 Å². The summed E-state index contributed by atoms with van der Waals surface area (Å²) < 4.78 is 5.04. The third-order valence-corrected chi connectivity index (χ3v) is 3.09. The molecular weight excluding hydrogens is 228 g/mol. The first-order valence-electron chi connectivity index (χ1n) is 6.07. The smallest absolute Gasteiger partial charge is 0.335 e. The number of anilines is 1. The van der Waals surface area contributed by atoms with E-state index in [-0.39, 0.29) is 0 Å². The fourth-order valence-corrected chi connectivity index (χ4v) is 1.95. The Labute approximate surface area is 107 Å². The molecule has 1 saturated heterocycles. The summed E-state index contributed by atoms with van der Waals surface area (Å²) in [5.74, 6) is 0.125. The van der Waals surface area contributed by atoms with Gasteiger partial charge in [0.2, 0.25) is 0 Å². The Kier molecular flexibility index (Phi) is 3.99. The van der Waals surface area contributed by atoms with E-state index in [1.54, 1.807) is 0 Å². The van der Waals surface area contributed by atoms with Crippen LogP contribution in [-0.2, 0) is 4.79 Å². The highest BCUT2D eigenvalue weighted by Crippen LogP contribution is 2.20. The second-order valence-corrected chi connectivity index (χ2v) is 4.41. The average Bonchev–Trinajstić information content (AvgIpc) is 2.40. The lowest BCUT2D eigenvalue weighted by Gasteiger charge is -2.34. The number of nitrogens with zero attached hydrogens (tertiary/aromatic N) is 2. The SMILES string of the molecule is C=CC(=O)Oc1ccc(N2CCN(C)CC2)cc1. The fourth-order valence-electron chi connectivity index (χ4n) is 1.95. The minimum absolute atomic E-state index is 0.428. The summed E-state index contributed by atoms with van der Waals surface area (Å²) in [5.41, 5.74) is 1.17. The van der Waals surface area contributed by atoms with Gasteiger partial charge in [-0.3, -0.25) is 0 Å². The van der Waals surface area contributed by atoms with Crippen molar-refractivity contribution in [3.8, 4) is 5.75 Å². The maximum absolute atomic E-state index is 11.0. The largest absolute Gasteiger partial charge is 0.423 e. The molecule has 1 heterocycles. The zero-order valence-corrected chi connectivity index (χ0v) is 10.6. The summed E-state index contributed by atoms with van der Waals surface area (Å²) in [6.45, 7) is 7.58. The summed E-state index contributed by atoms with van der Waals surface area (Å²) in [4.78, 5) is 15.7. The van der Waals surface area contributed by atoms with E-state index < -0.39 is 5.97 Å². The van der Waals surface area contributed by atoms with Crippen LogP contribution in [0.15, 0.2) is 36.9 Å². The lowest BCUT2D eigenvalue weighted by Crippen LogP contribution is -2.44. The quantitative estimate of drug-likeness (QED) is 0.460. The van der Waals surface area contributed by atoms with Crippen molar-refractivity contribution in [2.45, 2.75) is 0 Å². The van der Waals surface area contributed by atoms with E-state index in [9.17, 15) is 4.79 Å². The van der Waals surface area contributed by atoms with Gasteiger partial charge in [0.15, 0.2) is 0 Å². The minimum atomic E-state index is -0.428. The maximum Gasteiger partial charge on any atom is 0.335 e. The molecule has 0 saturated carbocycles. The summed E-state index contributed by atoms with van der Waals surface area (Å²) >= 11 is 0. The van der Waals surface area contributed by atoms with E-state index in [4.69, 9.17) is 4.74 Å². The Morgan fingerprint density at radius 2 is 1.83 bits per heavy atom. The van der Waals surface area contributed by atoms with Gasteiger partial charge in [0.25, 0.3) is 0 Å². The van der Waals surface area contributed by atoms with Gasteiger partial charge in [0.05, 0.1) is 0 Å². The van der Waals surface area contributed by atoms with Crippen LogP contribution in [0.3, 0.4) is 0 Å². The van der Waals surface area contributed by atoms with Crippen molar-refractivity contribution in [2.75, 3.05) is 38.1 Å². The van der Waals surface area contributed by atoms with Crippen LogP contribution in [0.2, 0.25) is 0 Å². The maximum atomic E-state index is 11.0. The van der Waals surface area contributed by atoms with Crippen molar-refractivity contribution in [3.05, 3.63) is 36.9 Å². The van der Waals surface area contributed by atoms with Gasteiger partial charge in [0, 0.05) is 37.9 Å². The molecule has 0 aromatic heterocycles. The standard InChI is InChI=1S/C14H18N2O2/c1-3-14(17)18-13-6-4-12(5-7-13)16-10-8-15(2)9-11-16/h3-7H,1,8-11H2,2H3. The lowest BCUT2D eigenvalue weighted by molar-refractivity contribution is -0.128. The van der Waals surface area contributed by atoms with E-state index >= 15 is 0 Å². The molecule has 0 aliphatic carbocycles. The third-order valence-electron chi connectivity index (χ3n) is 3.09. The molecule has 0 atom stereocenters. The fraction of sp³-hybridized carbons (Fsp3) is 0.357. The number of carbonyl (C=O) groups is 1. The van der Waals surface area contributed by atoms with Gasteiger partial charge >= 0.3 is 5.97 Å². The monoisotopic (exact) mass is 246 g/mol. The number of esters is 1. The van der Waals surface area contributed by atoms with E-state index in [1.807, 2.05) is 24.3 Å². The predicted octanol–water partition coefficient (Wildman–Crippen LogP) is 1.53. The molecule has 0 radical (unpaired) electrons. The predicted molar refractivity (Wildman–Crippen MR) is 72.0 cm³/mol. The van der Waals surface area contributed by atoms with E-state index in [1.165, 1.54) is 5.69 Å². The van der Waals surface area contributed by atoms with Crippen LogP contribution in [0, 0.1) is 0 Å². The van der Waals surface area contributed by atoms with Gasteiger partial charge in [0.1, 0.15) is 5.75 Å². The van der Waals surface area contributed by atoms with Crippen molar-refractivity contribution >= 4 is 11.7 Å². The van der Waals surface area contributed by atoms with Crippen LogP contribution < -0.4 is 9.64 Å². The van der Waals surface area contributed by atoms with Gasteiger partial charge in [-0.15, -0.1) is 0 Å². The first-order valence-corrected chi connectivity index (χ1v) is 6.07. The summed E-state index contributed by atoms with van der Waals surface area (Å²) in [6.07, 6.45) is 1.16. The Hall–Kier alpha value is -1.81. The molecule has 1 aromatic carbocycles. The first kappa shape index (κ1) is 12.6. The second kappa shape index (κ2) is 5.69. The Morgan fingerprint density at radius 3 is 2.39 bits per heavy atom. The van der Waals surface area contributed by atoms with Crippen LogP contribution in [0.25, 0.3) is 0 Å². The minimum Gasteiger partial charge on any atom is -0.423 e. The molecular formula is C14H18N2O2. The van der Waals surface area contributed by atoms with Crippen LogP contribution in [0.4, 0.5) is 5.69 Å².